The minimum atomic E-state index is 0.780. The molecule has 0 N–H and O–H groups in total. The summed E-state index contributed by atoms with van der Waals surface area (Å²) in [6.07, 6.45) is 2.17. The highest BCUT2D eigenvalue weighted by Gasteiger charge is 2.16. The summed E-state index contributed by atoms with van der Waals surface area (Å²) < 4.78 is 1.89. The molecule has 1 aromatic carbocycles. The van der Waals surface area contributed by atoms with E-state index >= 15 is 0 Å². The van der Waals surface area contributed by atoms with E-state index in [0.717, 1.165) is 54.3 Å². The van der Waals surface area contributed by atoms with Crippen LogP contribution >= 0.6 is 0 Å². The van der Waals surface area contributed by atoms with Crippen molar-refractivity contribution >= 4 is 22.5 Å². The fourth-order valence-electron chi connectivity index (χ4n) is 2.70. The predicted octanol–water partition coefficient (Wildman–Crippen LogP) is 3.21. The molecular weight excluding hydrogens is 262 g/mol. The molecule has 0 fully saturated rings. The molecule has 21 heavy (non-hydrogen) atoms. The van der Waals surface area contributed by atoms with Crippen LogP contribution in [-0.2, 0) is 0 Å². The molecule has 0 bridgehead atoms. The topological polar surface area (TPSA) is 46.3 Å². The minimum Gasteiger partial charge on any atom is -0.341 e. The van der Waals surface area contributed by atoms with Crippen molar-refractivity contribution in [3.63, 3.8) is 0 Å². The van der Waals surface area contributed by atoms with E-state index in [-0.39, 0.29) is 0 Å². The highest BCUT2D eigenvalue weighted by Crippen LogP contribution is 2.22. The summed E-state index contributed by atoms with van der Waals surface area (Å²) >= 11 is 0. The van der Waals surface area contributed by atoms with E-state index in [1.54, 1.807) is 0 Å². The summed E-state index contributed by atoms with van der Waals surface area (Å²) in [6, 6.07) is 8.13. The van der Waals surface area contributed by atoms with Crippen molar-refractivity contribution in [1.82, 2.24) is 19.6 Å². The average molecular weight is 283 g/mol. The lowest BCUT2D eigenvalue weighted by Crippen LogP contribution is -2.28. The number of aromatic nitrogens is 4. The van der Waals surface area contributed by atoms with E-state index in [4.69, 9.17) is 4.98 Å². The van der Waals surface area contributed by atoms with E-state index < -0.39 is 0 Å². The molecule has 0 aliphatic carbocycles. The zero-order valence-electron chi connectivity index (χ0n) is 12.9. The van der Waals surface area contributed by atoms with E-state index in [1.807, 2.05) is 29.6 Å². The molecule has 0 spiro atoms. The Hall–Kier alpha value is -2.17. The van der Waals surface area contributed by atoms with Gasteiger partial charge in [-0.2, -0.15) is 4.52 Å². The summed E-state index contributed by atoms with van der Waals surface area (Å²) in [4.78, 5) is 11.7. The number of aryl methyl sites for hydroxylation is 1. The molecule has 110 valence electrons. The first-order valence-corrected chi connectivity index (χ1v) is 7.61. The van der Waals surface area contributed by atoms with E-state index in [9.17, 15) is 0 Å². The van der Waals surface area contributed by atoms with Crippen LogP contribution in [0.4, 0.5) is 5.95 Å². The third-order valence-electron chi connectivity index (χ3n) is 3.54. The number of hydrogen-bond donors (Lipinski definition) is 0. The lowest BCUT2D eigenvalue weighted by atomic mass is 10.2. The first-order valence-electron chi connectivity index (χ1n) is 7.61. The smallest absolute Gasteiger partial charge is 0.229 e. The lowest BCUT2D eigenvalue weighted by Gasteiger charge is -2.23. The van der Waals surface area contributed by atoms with Gasteiger partial charge in [0.15, 0.2) is 5.65 Å². The van der Waals surface area contributed by atoms with Gasteiger partial charge in [0, 0.05) is 18.5 Å². The van der Waals surface area contributed by atoms with Gasteiger partial charge < -0.3 is 4.90 Å². The molecule has 0 saturated carbocycles. The van der Waals surface area contributed by atoms with Gasteiger partial charge in [0.2, 0.25) is 5.95 Å². The second-order valence-electron chi connectivity index (χ2n) is 5.31. The van der Waals surface area contributed by atoms with Gasteiger partial charge in [-0.25, -0.2) is 9.97 Å². The van der Waals surface area contributed by atoms with E-state index in [0.29, 0.717) is 0 Å². The molecule has 0 amide bonds. The average Bonchev–Trinajstić information content (AvgIpc) is 2.88. The van der Waals surface area contributed by atoms with Gasteiger partial charge in [-0.1, -0.05) is 26.0 Å². The summed E-state index contributed by atoms with van der Waals surface area (Å²) in [5, 5.41) is 5.60. The first kappa shape index (κ1) is 13.8. The molecule has 5 nitrogen and oxygen atoms in total. The Balaban J connectivity index is 2.28. The molecular formula is C16H21N5. The molecule has 0 aliphatic rings. The van der Waals surface area contributed by atoms with Gasteiger partial charge in [-0.05, 0) is 31.9 Å². The van der Waals surface area contributed by atoms with Gasteiger partial charge in [-0.15, -0.1) is 5.10 Å². The molecule has 0 aliphatic heterocycles. The molecule has 0 unspecified atom stereocenters. The molecule has 0 atom stereocenters. The van der Waals surface area contributed by atoms with Crippen molar-refractivity contribution in [2.24, 2.45) is 0 Å². The third kappa shape index (κ3) is 2.44. The zero-order valence-corrected chi connectivity index (χ0v) is 12.9. The SMILES string of the molecule is CCCN(CCC)c1nc2ccccc2c2nc(C)nn12. The van der Waals surface area contributed by atoms with Crippen molar-refractivity contribution < 1.29 is 0 Å². The van der Waals surface area contributed by atoms with Crippen LogP contribution in [0.1, 0.15) is 32.5 Å². The first-order chi connectivity index (χ1) is 10.2. The number of nitrogens with zero attached hydrogens (tertiary/aromatic N) is 5. The summed E-state index contributed by atoms with van der Waals surface area (Å²) in [5.41, 5.74) is 1.87. The lowest BCUT2D eigenvalue weighted by molar-refractivity contribution is 0.703. The Morgan fingerprint density at radius 2 is 1.76 bits per heavy atom. The number of para-hydroxylation sites is 1. The normalized spacial score (nSPS) is 11.4. The maximum Gasteiger partial charge on any atom is 0.229 e. The van der Waals surface area contributed by atoms with E-state index in [2.05, 4.69) is 34.9 Å². The quantitative estimate of drug-likeness (QED) is 0.721. The number of anilines is 1. The monoisotopic (exact) mass is 283 g/mol. The second-order valence-corrected chi connectivity index (χ2v) is 5.31. The molecule has 0 saturated heterocycles. The minimum absolute atomic E-state index is 0.780. The molecule has 5 heteroatoms. The maximum atomic E-state index is 4.84. The second kappa shape index (κ2) is 5.68. The third-order valence-corrected chi connectivity index (χ3v) is 3.54. The molecule has 3 aromatic rings. The van der Waals surface area contributed by atoms with Crippen molar-refractivity contribution in [3.8, 4) is 0 Å². The van der Waals surface area contributed by atoms with Crippen LogP contribution in [0, 0.1) is 6.92 Å². The van der Waals surface area contributed by atoms with Crippen LogP contribution in [0.15, 0.2) is 24.3 Å². The maximum absolute atomic E-state index is 4.84. The van der Waals surface area contributed by atoms with Gasteiger partial charge in [0.1, 0.15) is 5.82 Å². The van der Waals surface area contributed by atoms with Crippen LogP contribution < -0.4 is 4.90 Å². The van der Waals surface area contributed by atoms with Gasteiger partial charge in [0.25, 0.3) is 0 Å². The van der Waals surface area contributed by atoms with Crippen LogP contribution in [0.3, 0.4) is 0 Å². The van der Waals surface area contributed by atoms with Crippen LogP contribution in [-0.4, -0.2) is 32.7 Å². The fourth-order valence-corrected chi connectivity index (χ4v) is 2.70. The molecule has 3 rings (SSSR count). The number of fused-ring (bicyclic) bond motifs is 3. The van der Waals surface area contributed by atoms with Crippen molar-refractivity contribution in [2.45, 2.75) is 33.6 Å². The number of rotatable bonds is 5. The Morgan fingerprint density at radius 3 is 2.48 bits per heavy atom. The number of hydrogen-bond acceptors (Lipinski definition) is 4. The number of benzene rings is 1. The molecule has 2 heterocycles. The Kier molecular flexibility index (Phi) is 3.73. The summed E-state index contributed by atoms with van der Waals surface area (Å²) in [5.74, 6) is 1.68. The van der Waals surface area contributed by atoms with Crippen molar-refractivity contribution in [2.75, 3.05) is 18.0 Å². The predicted molar refractivity (Wildman–Crippen MR) is 85.8 cm³/mol. The highest BCUT2D eigenvalue weighted by molar-refractivity contribution is 5.92. The van der Waals surface area contributed by atoms with Crippen molar-refractivity contribution in [3.05, 3.63) is 30.1 Å². The molecule has 0 radical (unpaired) electrons. The zero-order chi connectivity index (χ0) is 14.8. The van der Waals surface area contributed by atoms with Crippen LogP contribution in [0.2, 0.25) is 0 Å². The largest absolute Gasteiger partial charge is 0.341 e. The highest BCUT2D eigenvalue weighted by atomic mass is 15.4. The Bertz CT molecular complexity index is 756. The van der Waals surface area contributed by atoms with E-state index in [1.165, 1.54) is 0 Å². The summed E-state index contributed by atoms with van der Waals surface area (Å²) in [6.45, 7) is 8.26. The van der Waals surface area contributed by atoms with Crippen LogP contribution in [0.25, 0.3) is 16.6 Å². The Morgan fingerprint density at radius 1 is 1.05 bits per heavy atom. The van der Waals surface area contributed by atoms with Gasteiger partial charge in [-0.3, -0.25) is 0 Å². The summed E-state index contributed by atoms with van der Waals surface area (Å²) in [7, 11) is 0. The van der Waals surface area contributed by atoms with Crippen LogP contribution in [0.5, 0.6) is 0 Å². The Labute approximate surface area is 124 Å². The van der Waals surface area contributed by atoms with Gasteiger partial charge >= 0.3 is 0 Å². The van der Waals surface area contributed by atoms with Crippen molar-refractivity contribution in [1.29, 1.82) is 0 Å². The van der Waals surface area contributed by atoms with Gasteiger partial charge in [0.05, 0.1) is 5.52 Å². The standard InChI is InChI=1S/C16H21N5/c1-4-10-20(11-5-2)16-18-14-9-7-6-8-13(14)15-17-12(3)19-21(15)16/h6-9H,4-5,10-11H2,1-3H3. The fraction of sp³-hybridized carbons (Fsp3) is 0.438. The molecule has 2 aromatic heterocycles.